The molecule has 0 spiro atoms. The molecule has 8 heteroatoms. The van der Waals surface area contributed by atoms with Gasteiger partial charge in [-0.15, -0.1) is 0 Å². The minimum Gasteiger partial charge on any atom is -0.496 e. The van der Waals surface area contributed by atoms with Crippen LogP contribution in [0.1, 0.15) is 16.8 Å². The van der Waals surface area contributed by atoms with Crippen molar-refractivity contribution in [2.45, 2.75) is 19.5 Å². The van der Waals surface area contributed by atoms with Gasteiger partial charge in [-0.3, -0.25) is 9.69 Å². The number of nitrogens with zero attached hydrogens (tertiary/aromatic N) is 2. The summed E-state index contributed by atoms with van der Waals surface area (Å²) in [6, 6.07) is 7.28. The SMILES string of the molecule is COc1cc(OC)c(OC)cc1CN1CCc2nc(-c3ccco3)[nH]c(=O)c2C1. The average Bonchev–Trinajstić information content (AvgIpc) is 3.28. The standard InChI is InChI=1S/C21H23N3O5/c1-26-17-10-19(28-3)18(27-2)9-13(17)11-24-7-6-15-14(12-24)21(25)23-20(22-15)16-5-4-8-29-16/h4-5,8-10H,6-7,11-12H2,1-3H3,(H,22,23,25). The third-order valence-electron chi connectivity index (χ3n) is 5.08. The fourth-order valence-corrected chi connectivity index (χ4v) is 3.60. The minimum absolute atomic E-state index is 0.134. The molecular formula is C21H23N3O5. The van der Waals surface area contributed by atoms with Crippen molar-refractivity contribution in [1.29, 1.82) is 0 Å². The van der Waals surface area contributed by atoms with Crippen LogP contribution in [0.4, 0.5) is 0 Å². The van der Waals surface area contributed by atoms with Gasteiger partial charge in [0.25, 0.3) is 5.56 Å². The van der Waals surface area contributed by atoms with Gasteiger partial charge < -0.3 is 23.6 Å². The molecule has 2 aromatic heterocycles. The van der Waals surface area contributed by atoms with E-state index < -0.39 is 0 Å². The van der Waals surface area contributed by atoms with E-state index in [-0.39, 0.29) is 5.56 Å². The zero-order valence-electron chi connectivity index (χ0n) is 16.7. The van der Waals surface area contributed by atoms with E-state index in [1.807, 2.05) is 12.1 Å². The van der Waals surface area contributed by atoms with Crippen LogP contribution in [0.25, 0.3) is 11.6 Å². The highest BCUT2D eigenvalue weighted by Gasteiger charge is 2.23. The molecule has 0 saturated carbocycles. The number of H-pyrrole nitrogens is 1. The summed E-state index contributed by atoms with van der Waals surface area (Å²) in [6.07, 6.45) is 2.25. The van der Waals surface area contributed by atoms with Crippen LogP contribution in [0.3, 0.4) is 0 Å². The Morgan fingerprint density at radius 1 is 1.14 bits per heavy atom. The predicted octanol–water partition coefficient (Wildman–Crippen LogP) is 2.61. The van der Waals surface area contributed by atoms with Gasteiger partial charge in [0.15, 0.2) is 23.1 Å². The van der Waals surface area contributed by atoms with Gasteiger partial charge in [-0.05, 0) is 18.2 Å². The Balaban J connectivity index is 1.59. The molecule has 1 aliphatic heterocycles. The highest BCUT2D eigenvalue weighted by atomic mass is 16.5. The first kappa shape index (κ1) is 19.1. The third-order valence-corrected chi connectivity index (χ3v) is 5.08. The van der Waals surface area contributed by atoms with Crippen molar-refractivity contribution in [3.8, 4) is 28.8 Å². The topological polar surface area (TPSA) is 89.8 Å². The lowest BCUT2D eigenvalue weighted by Gasteiger charge is -2.28. The number of benzene rings is 1. The van der Waals surface area contributed by atoms with Gasteiger partial charge in [-0.1, -0.05) is 0 Å². The van der Waals surface area contributed by atoms with E-state index in [1.54, 1.807) is 39.7 Å². The first-order chi connectivity index (χ1) is 14.1. The highest BCUT2D eigenvalue weighted by molar-refractivity contribution is 5.51. The molecule has 3 aromatic rings. The molecule has 8 nitrogen and oxygen atoms in total. The van der Waals surface area contributed by atoms with Crippen LogP contribution in [0.15, 0.2) is 39.7 Å². The van der Waals surface area contributed by atoms with Gasteiger partial charge in [-0.2, -0.15) is 0 Å². The van der Waals surface area contributed by atoms with Gasteiger partial charge in [0.2, 0.25) is 0 Å². The second-order valence-corrected chi connectivity index (χ2v) is 6.80. The van der Waals surface area contributed by atoms with E-state index in [4.69, 9.17) is 18.6 Å². The van der Waals surface area contributed by atoms with Crippen molar-refractivity contribution in [2.75, 3.05) is 27.9 Å². The number of rotatable bonds is 6. The second-order valence-electron chi connectivity index (χ2n) is 6.80. The largest absolute Gasteiger partial charge is 0.496 e. The molecular weight excluding hydrogens is 374 g/mol. The molecule has 0 bridgehead atoms. The Bertz CT molecular complexity index is 1060. The summed E-state index contributed by atoms with van der Waals surface area (Å²) in [7, 11) is 4.82. The Labute approximate surface area is 168 Å². The molecule has 1 N–H and O–H groups in total. The van der Waals surface area contributed by atoms with Crippen molar-refractivity contribution in [3.05, 3.63) is 57.7 Å². The summed E-state index contributed by atoms with van der Waals surface area (Å²) in [4.78, 5) is 22.3. The number of hydrogen-bond acceptors (Lipinski definition) is 7. The summed E-state index contributed by atoms with van der Waals surface area (Å²) in [6.45, 7) is 1.90. The Morgan fingerprint density at radius 3 is 2.59 bits per heavy atom. The maximum absolute atomic E-state index is 12.7. The average molecular weight is 397 g/mol. The predicted molar refractivity (Wildman–Crippen MR) is 106 cm³/mol. The smallest absolute Gasteiger partial charge is 0.256 e. The quantitative estimate of drug-likeness (QED) is 0.684. The van der Waals surface area contributed by atoms with Gasteiger partial charge in [0.1, 0.15) is 5.75 Å². The monoisotopic (exact) mass is 397 g/mol. The number of methoxy groups -OCH3 is 3. The Hall–Kier alpha value is -3.26. The number of fused-ring (bicyclic) bond motifs is 1. The van der Waals surface area contributed by atoms with E-state index in [0.29, 0.717) is 53.9 Å². The number of aromatic nitrogens is 2. The van der Waals surface area contributed by atoms with E-state index >= 15 is 0 Å². The van der Waals surface area contributed by atoms with Crippen molar-refractivity contribution in [2.24, 2.45) is 0 Å². The van der Waals surface area contributed by atoms with Gasteiger partial charge in [0.05, 0.1) is 38.8 Å². The zero-order valence-corrected chi connectivity index (χ0v) is 16.7. The van der Waals surface area contributed by atoms with Crippen LogP contribution in [-0.4, -0.2) is 42.7 Å². The first-order valence-electron chi connectivity index (χ1n) is 9.30. The van der Waals surface area contributed by atoms with Crippen LogP contribution in [0.2, 0.25) is 0 Å². The molecule has 0 fully saturated rings. The molecule has 29 heavy (non-hydrogen) atoms. The van der Waals surface area contributed by atoms with E-state index in [1.165, 1.54) is 0 Å². The van der Waals surface area contributed by atoms with Crippen molar-refractivity contribution < 1.29 is 18.6 Å². The number of aromatic amines is 1. The fourth-order valence-electron chi connectivity index (χ4n) is 3.60. The van der Waals surface area contributed by atoms with Gasteiger partial charge in [-0.25, -0.2) is 4.98 Å². The zero-order chi connectivity index (χ0) is 20.4. The summed E-state index contributed by atoms with van der Waals surface area (Å²) in [5.41, 5.74) is 2.33. The maximum Gasteiger partial charge on any atom is 0.256 e. The first-order valence-corrected chi connectivity index (χ1v) is 9.30. The highest BCUT2D eigenvalue weighted by Crippen LogP contribution is 2.35. The lowest BCUT2D eigenvalue weighted by atomic mass is 10.1. The third kappa shape index (κ3) is 3.71. The lowest BCUT2D eigenvalue weighted by molar-refractivity contribution is 0.237. The lowest BCUT2D eigenvalue weighted by Crippen LogP contribution is -2.35. The van der Waals surface area contributed by atoms with E-state index in [2.05, 4.69) is 14.9 Å². The van der Waals surface area contributed by atoms with Crippen molar-refractivity contribution in [1.82, 2.24) is 14.9 Å². The molecule has 0 amide bonds. The Kier molecular flexibility index (Phi) is 5.26. The number of hydrogen-bond donors (Lipinski definition) is 1. The van der Waals surface area contributed by atoms with Crippen LogP contribution in [0, 0.1) is 0 Å². The number of furan rings is 1. The second kappa shape index (κ2) is 8.00. The molecule has 0 unspecified atom stereocenters. The normalized spacial score (nSPS) is 13.8. The van der Waals surface area contributed by atoms with Gasteiger partial charge in [0, 0.05) is 37.7 Å². The van der Waals surface area contributed by atoms with Crippen LogP contribution < -0.4 is 19.8 Å². The fraction of sp³-hybridized carbons (Fsp3) is 0.333. The van der Waals surface area contributed by atoms with Gasteiger partial charge >= 0.3 is 0 Å². The molecule has 0 saturated heterocycles. The summed E-state index contributed by atoms with van der Waals surface area (Å²) >= 11 is 0. The number of ether oxygens (including phenoxy) is 3. The van der Waals surface area contributed by atoms with E-state index in [9.17, 15) is 4.79 Å². The van der Waals surface area contributed by atoms with E-state index in [0.717, 1.165) is 17.8 Å². The summed E-state index contributed by atoms with van der Waals surface area (Å²) in [5.74, 6) is 3.00. The molecule has 152 valence electrons. The number of nitrogens with one attached hydrogen (secondary N) is 1. The molecule has 3 heterocycles. The Morgan fingerprint density at radius 2 is 1.90 bits per heavy atom. The van der Waals surface area contributed by atoms with Crippen LogP contribution in [-0.2, 0) is 19.5 Å². The molecule has 0 atom stereocenters. The maximum atomic E-state index is 12.7. The van der Waals surface area contributed by atoms with Crippen molar-refractivity contribution >= 4 is 0 Å². The molecule has 0 aliphatic carbocycles. The summed E-state index contributed by atoms with van der Waals surface area (Å²) < 4.78 is 21.6. The molecule has 1 aromatic carbocycles. The summed E-state index contributed by atoms with van der Waals surface area (Å²) in [5, 5.41) is 0. The molecule has 4 rings (SSSR count). The van der Waals surface area contributed by atoms with Crippen LogP contribution >= 0.6 is 0 Å². The van der Waals surface area contributed by atoms with Crippen molar-refractivity contribution in [3.63, 3.8) is 0 Å². The molecule has 0 radical (unpaired) electrons. The minimum atomic E-state index is -0.134. The van der Waals surface area contributed by atoms with Crippen LogP contribution in [0.5, 0.6) is 17.2 Å². The molecule has 1 aliphatic rings.